The van der Waals surface area contributed by atoms with E-state index < -0.39 is 22.2 Å². The van der Waals surface area contributed by atoms with Crippen molar-refractivity contribution in [1.82, 2.24) is 9.80 Å². The third kappa shape index (κ3) is 7.30. The average molecular weight is 667 g/mol. The lowest BCUT2D eigenvalue weighted by Crippen LogP contribution is -2.45. The predicted molar refractivity (Wildman–Crippen MR) is 185 cm³/mol. The summed E-state index contributed by atoms with van der Waals surface area (Å²) in [7, 11) is 1.78. The molecule has 1 heterocycles. The van der Waals surface area contributed by atoms with E-state index in [1.807, 2.05) is 102 Å². The number of likely N-dealkylation sites (tertiary alicyclic amines) is 1. The Morgan fingerprint density at radius 2 is 1.27 bits per heavy atom. The topological polar surface area (TPSA) is 32.8 Å². The molecule has 1 fully saturated rings. The van der Waals surface area contributed by atoms with Crippen LogP contribution in [0.15, 0.2) is 133 Å². The van der Waals surface area contributed by atoms with Crippen molar-refractivity contribution < 1.29 is 22.7 Å². The van der Waals surface area contributed by atoms with Gasteiger partial charge >= 0.3 is 6.03 Å². The highest BCUT2D eigenvalue weighted by molar-refractivity contribution is 8.01. The number of urea groups is 1. The number of hydrogen-bond acceptors (Lipinski definition) is 3. The molecule has 48 heavy (non-hydrogen) atoms. The highest BCUT2D eigenvalue weighted by atomic mass is 32.2. The molecule has 246 valence electrons. The third-order valence-corrected chi connectivity index (χ3v) is 10.5. The Morgan fingerprint density at radius 1 is 0.771 bits per heavy atom. The monoisotopic (exact) mass is 666 g/mol. The van der Waals surface area contributed by atoms with Gasteiger partial charge in [0.25, 0.3) is 0 Å². The summed E-state index contributed by atoms with van der Waals surface area (Å²) in [6.45, 7) is 0.755. The molecule has 5 aromatic carbocycles. The Kier molecular flexibility index (Phi) is 10.5. The van der Waals surface area contributed by atoms with Crippen LogP contribution in [0.3, 0.4) is 0 Å². The quantitative estimate of drug-likeness (QED) is 0.104. The molecule has 0 N–H and O–H groups in total. The van der Waals surface area contributed by atoms with Gasteiger partial charge in [0, 0.05) is 37.0 Å². The lowest BCUT2D eigenvalue weighted by molar-refractivity contribution is 0.0674. The fourth-order valence-corrected chi connectivity index (χ4v) is 8.32. The average Bonchev–Trinajstić information content (AvgIpc) is 3.52. The zero-order chi connectivity index (χ0) is 33.5. The van der Waals surface area contributed by atoms with Crippen LogP contribution >= 0.6 is 11.8 Å². The van der Waals surface area contributed by atoms with Crippen molar-refractivity contribution in [2.75, 3.05) is 20.2 Å². The number of carbonyl (C=O) groups is 1. The molecule has 2 atom stereocenters. The van der Waals surface area contributed by atoms with Gasteiger partial charge in [0.1, 0.15) is 5.82 Å². The van der Waals surface area contributed by atoms with Gasteiger partial charge in [0.05, 0.1) is 24.0 Å². The van der Waals surface area contributed by atoms with E-state index in [9.17, 15) is 18.0 Å². The van der Waals surface area contributed by atoms with Gasteiger partial charge in [-0.25, -0.2) is 18.0 Å². The molecule has 0 saturated carbocycles. The largest absolute Gasteiger partial charge is 0.375 e. The molecule has 1 saturated heterocycles. The van der Waals surface area contributed by atoms with Crippen LogP contribution in [-0.4, -0.2) is 47.3 Å². The molecule has 4 nitrogen and oxygen atoms in total. The van der Waals surface area contributed by atoms with Crippen LogP contribution < -0.4 is 0 Å². The molecule has 5 aromatic rings. The summed E-state index contributed by atoms with van der Waals surface area (Å²) in [6, 6.07) is 41.9. The summed E-state index contributed by atoms with van der Waals surface area (Å²) in [5, 5.41) is -0.00621. The maximum Gasteiger partial charge on any atom is 0.320 e. The molecule has 1 aliphatic rings. The van der Waals surface area contributed by atoms with Crippen LogP contribution in [0.25, 0.3) is 0 Å². The van der Waals surface area contributed by atoms with Gasteiger partial charge in [-0.2, -0.15) is 0 Å². The standard InChI is InChI=1S/C40H37F3N2O2S/c1-44(25-29-14-6-2-7-15-29)39(46)45-26-35(23-34(45)28-47-27-30-22-37(42)38(43)24-36(30)41)48-40(31-16-8-3-9-17-31,32-18-10-4-11-19-32)33-20-12-5-13-21-33/h2-22,24,34-35H,23,25-28H2,1H3/t34-,35+/m0/s1. The zero-order valence-corrected chi connectivity index (χ0v) is 27.5. The number of carbonyl (C=O) groups excluding carboxylic acids is 1. The molecule has 0 radical (unpaired) electrons. The molecule has 8 heteroatoms. The van der Waals surface area contributed by atoms with Crippen LogP contribution in [0.4, 0.5) is 18.0 Å². The Labute approximate surface area is 284 Å². The first-order valence-corrected chi connectivity index (χ1v) is 16.8. The van der Waals surface area contributed by atoms with Gasteiger partial charge < -0.3 is 14.5 Å². The van der Waals surface area contributed by atoms with E-state index in [1.165, 1.54) is 0 Å². The van der Waals surface area contributed by atoms with Crippen molar-refractivity contribution >= 4 is 17.8 Å². The predicted octanol–water partition coefficient (Wildman–Crippen LogP) is 9.04. The normalized spacial score (nSPS) is 16.2. The second-order valence-corrected chi connectivity index (χ2v) is 13.6. The Hall–Kier alpha value is -4.53. The highest BCUT2D eigenvalue weighted by Gasteiger charge is 2.44. The van der Waals surface area contributed by atoms with Crippen molar-refractivity contribution in [1.29, 1.82) is 0 Å². The molecule has 0 bridgehead atoms. The number of ether oxygens (including phenoxy) is 1. The van der Waals surface area contributed by atoms with E-state index in [0.717, 1.165) is 28.3 Å². The smallest absolute Gasteiger partial charge is 0.320 e. The highest BCUT2D eigenvalue weighted by Crippen LogP contribution is 2.52. The number of halogens is 3. The minimum absolute atomic E-state index is 0.00621. The Balaban J connectivity index is 1.31. The van der Waals surface area contributed by atoms with E-state index in [4.69, 9.17) is 4.74 Å². The summed E-state index contributed by atoms with van der Waals surface area (Å²) in [6.07, 6.45) is 0.615. The second-order valence-electron chi connectivity index (χ2n) is 12.1. The Bertz CT molecular complexity index is 1700. The Morgan fingerprint density at radius 3 is 1.81 bits per heavy atom. The molecular formula is C40H37F3N2O2S. The number of hydrogen-bond donors (Lipinski definition) is 0. The first kappa shape index (κ1) is 33.4. The molecule has 6 rings (SSSR count). The van der Waals surface area contributed by atoms with Crippen molar-refractivity contribution in [2.24, 2.45) is 0 Å². The van der Waals surface area contributed by atoms with Gasteiger partial charge in [-0.15, -0.1) is 11.8 Å². The summed E-state index contributed by atoms with van der Waals surface area (Å²) in [4.78, 5) is 17.6. The van der Waals surface area contributed by atoms with E-state index in [0.29, 0.717) is 25.6 Å². The molecule has 0 spiro atoms. The fraction of sp³-hybridized carbons (Fsp3) is 0.225. The van der Waals surface area contributed by atoms with Gasteiger partial charge in [0.15, 0.2) is 11.6 Å². The lowest BCUT2D eigenvalue weighted by Gasteiger charge is -2.37. The van der Waals surface area contributed by atoms with E-state index in [1.54, 1.807) is 11.9 Å². The summed E-state index contributed by atoms with van der Waals surface area (Å²) >= 11 is 1.82. The lowest BCUT2D eigenvalue weighted by atomic mass is 9.84. The molecule has 0 aromatic heterocycles. The van der Waals surface area contributed by atoms with E-state index in [-0.39, 0.29) is 36.1 Å². The molecule has 0 aliphatic carbocycles. The first-order valence-electron chi connectivity index (χ1n) is 16.0. The summed E-state index contributed by atoms with van der Waals surface area (Å²) in [5.41, 5.74) is 4.31. The van der Waals surface area contributed by atoms with Crippen LogP contribution in [0.5, 0.6) is 0 Å². The van der Waals surface area contributed by atoms with Crippen molar-refractivity contribution in [3.63, 3.8) is 0 Å². The molecule has 0 unspecified atom stereocenters. The maximum atomic E-state index is 14.4. The van der Waals surface area contributed by atoms with Crippen LogP contribution in [-0.2, 0) is 22.6 Å². The summed E-state index contributed by atoms with van der Waals surface area (Å²) in [5.74, 6) is -3.25. The minimum atomic E-state index is -1.25. The van der Waals surface area contributed by atoms with Crippen LogP contribution in [0.2, 0.25) is 0 Å². The van der Waals surface area contributed by atoms with Gasteiger partial charge in [0.2, 0.25) is 0 Å². The number of benzene rings is 5. The second kappa shape index (κ2) is 15.1. The van der Waals surface area contributed by atoms with E-state index >= 15 is 0 Å². The SMILES string of the molecule is CN(Cc1ccccc1)C(=O)N1C[C@H](SC(c2ccccc2)(c2ccccc2)c2ccccc2)C[C@H]1COCc1cc(F)c(F)cc1F. The summed E-state index contributed by atoms with van der Waals surface area (Å²) < 4.78 is 47.2. The van der Waals surface area contributed by atoms with Crippen LogP contribution in [0, 0.1) is 17.5 Å². The van der Waals surface area contributed by atoms with E-state index in [2.05, 4.69) is 36.4 Å². The maximum absolute atomic E-state index is 14.4. The fourth-order valence-electron chi connectivity index (χ4n) is 6.45. The number of thioether (sulfide) groups is 1. The first-order chi connectivity index (χ1) is 23.3. The van der Waals surface area contributed by atoms with Crippen LogP contribution in [0.1, 0.15) is 34.2 Å². The van der Waals surface area contributed by atoms with Crippen molar-refractivity contribution in [2.45, 2.75) is 35.6 Å². The number of nitrogens with zero attached hydrogens (tertiary/aromatic N) is 2. The molecule has 2 amide bonds. The third-order valence-electron chi connectivity index (χ3n) is 8.75. The van der Waals surface area contributed by atoms with Gasteiger partial charge in [-0.3, -0.25) is 0 Å². The van der Waals surface area contributed by atoms with Gasteiger partial charge in [-0.1, -0.05) is 121 Å². The number of rotatable bonds is 11. The van der Waals surface area contributed by atoms with Gasteiger partial charge in [-0.05, 0) is 34.7 Å². The number of amides is 2. The molecular weight excluding hydrogens is 630 g/mol. The van der Waals surface area contributed by atoms with Crippen molar-refractivity contribution in [3.05, 3.63) is 179 Å². The minimum Gasteiger partial charge on any atom is -0.375 e. The zero-order valence-electron chi connectivity index (χ0n) is 26.6. The van der Waals surface area contributed by atoms with Crippen molar-refractivity contribution in [3.8, 4) is 0 Å². The molecule has 1 aliphatic heterocycles.